The largest absolute Gasteiger partial charge is 0.373 e. The standard InChI is InChI=1S/C13H20N2O/c16-12-6-5-11(14-7-1-2-8-14)13(12)15-9-3-4-10-15/h1-10H2. The number of ketones is 1. The molecule has 0 bridgehead atoms. The van der Waals surface area contributed by atoms with Gasteiger partial charge in [-0.2, -0.15) is 0 Å². The third-order valence-corrected chi connectivity index (χ3v) is 4.04. The van der Waals surface area contributed by atoms with E-state index in [-0.39, 0.29) is 0 Å². The number of allylic oxidation sites excluding steroid dienone is 2. The molecule has 0 unspecified atom stereocenters. The lowest BCUT2D eigenvalue weighted by molar-refractivity contribution is -0.116. The summed E-state index contributed by atoms with van der Waals surface area (Å²) in [7, 11) is 0. The first-order valence-corrected chi connectivity index (χ1v) is 6.62. The Labute approximate surface area is 97.1 Å². The summed E-state index contributed by atoms with van der Waals surface area (Å²) in [5.74, 6) is 0.392. The minimum absolute atomic E-state index is 0.392. The van der Waals surface area contributed by atoms with Gasteiger partial charge in [-0.05, 0) is 32.1 Å². The highest BCUT2D eigenvalue weighted by atomic mass is 16.1. The van der Waals surface area contributed by atoms with Crippen LogP contribution in [0.3, 0.4) is 0 Å². The summed E-state index contributed by atoms with van der Waals surface area (Å²) in [4.78, 5) is 16.8. The van der Waals surface area contributed by atoms with E-state index in [1.165, 1.54) is 44.5 Å². The molecule has 0 aromatic rings. The zero-order chi connectivity index (χ0) is 11.0. The van der Waals surface area contributed by atoms with Crippen LogP contribution in [0.1, 0.15) is 38.5 Å². The lowest BCUT2D eigenvalue weighted by Crippen LogP contribution is -2.27. The number of Topliss-reactive ketones (excluding diaryl/α,β-unsaturated/α-hetero) is 1. The van der Waals surface area contributed by atoms with Crippen LogP contribution in [0.25, 0.3) is 0 Å². The van der Waals surface area contributed by atoms with Crippen molar-refractivity contribution in [2.24, 2.45) is 0 Å². The predicted molar refractivity (Wildman–Crippen MR) is 62.9 cm³/mol. The molecule has 2 aliphatic heterocycles. The average Bonchev–Trinajstić information content (AvgIpc) is 2.96. The van der Waals surface area contributed by atoms with Crippen LogP contribution in [0, 0.1) is 0 Å². The molecular weight excluding hydrogens is 200 g/mol. The van der Waals surface area contributed by atoms with Gasteiger partial charge >= 0.3 is 0 Å². The molecule has 3 heteroatoms. The number of carbonyl (C=O) groups is 1. The molecule has 0 aromatic heterocycles. The molecule has 0 atom stereocenters. The topological polar surface area (TPSA) is 23.6 Å². The number of rotatable bonds is 2. The van der Waals surface area contributed by atoms with E-state index in [1.807, 2.05) is 0 Å². The fourth-order valence-electron chi connectivity index (χ4n) is 3.22. The minimum atomic E-state index is 0.392. The number of carbonyl (C=O) groups excluding carboxylic acids is 1. The Bertz CT molecular complexity index is 323. The molecule has 1 aliphatic carbocycles. The van der Waals surface area contributed by atoms with Crippen molar-refractivity contribution in [1.82, 2.24) is 9.80 Å². The summed E-state index contributed by atoms with van der Waals surface area (Å²) in [5.41, 5.74) is 2.45. The van der Waals surface area contributed by atoms with Crippen LogP contribution in [0.5, 0.6) is 0 Å². The summed E-state index contributed by atoms with van der Waals surface area (Å²) in [5, 5.41) is 0. The number of hydrogen-bond acceptors (Lipinski definition) is 3. The van der Waals surface area contributed by atoms with Crippen molar-refractivity contribution >= 4 is 5.78 Å². The molecule has 2 heterocycles. The molecule has 0 radical (unpaired) electrons. The quantitative estimate of drug-likeness (QED) is 0.708. The van der Waals surface area contributed by atoms with Gasteiger partial charge in [0.25, 0.3) is 0 Å². The van der Waals surface area contributed by atoms with E-state index < -0.39 is 0 Å². The Morgan fingerprint density at radius 2 is 1.31 bits per heavy atom. The first-order chi connectivity index (χ1) is 7.86. The van der Waals surface area contributed by atoms with Crippen LogP contribution in [0.15, 0.2) is 11.4 Å². The SMILES string of the molecule is O=C1CCC(N2CCCC2)=C1N1CCCC1. The van der Waals surface area contributed by atoms with E-state index >= 15 is 0 Å². The summed E-state index contributed by atoms with van der Waals surface area (Å²) in [6, 6.07) is 0. The van der Waals surface area contributed by atoms with Crippen molar-refractivity contribution in [2.45, 2.75) is 38.5 Å². The third-order valence-electron chi connectivity index (χ3n) is 4.04. The van der Waals surface area contributed by atoms with E-state index in [0.717, 1.165) is 31.6 Å². The van der Waals surface area contributed by atoms with Gasteiger partial charge in [-0.15, -0.1) is 0 Å². The van der Waals surface area contributed by atoms with Gasteiger partial charge in [0.1, 0.15) is 0 Å². The van der Waals surface area contributed by atoms with Gasteiger partial charge in [0, 0.05) is 38.3 Å². The summed E-state index contributed by atoms with van der Waals surface area (Å²) in [6.45, 7) is 4.52. The summed E-state index contributed by atoms with van der Waals surface area (Å²) >= 11 is 0. The lowest BCUT2D eigenvalue weighted by atomic mass is 10.3. The zero-order valence-electron chi connectivity index (χ0n) is 9.87. The van der Waals surface area contributed by atoms with Crippen molar-refractivity contribution in [1.29, 1.82) is 0 Å². The number of hydrogen-bond donors (Lipinski definition) is 0. The maximum atomic E-state index is 12.0. The molecule has 2 fully saturated rings. The Morgan fingerprint density at radius 1 is 0.750 bits per heavy atom. The Kier molecular flexibility index (Phi) is 2.62. The van der Waals surface area contributed by atoms with Crippen LogP contribution in [-0.2, 0) is 4.79 Å². The van der Waals surface area contributed by atoms with Crippen LogP contribution in [0.2, 0.25) is 0 Å². The molecule has 3 nitrogen and oxygen atoms in total. The molecule has 0 amide bonds. The van der Waals surface area contributed by atoms with Crippen molar-refractivity contribution in [2.75, 3.05) is 26.2 Å². The fraction of sp³-hybridized carbons (Fsp3) is 0.769. The van der Waals surface area contributed by atoms with Gasteiger partial charge in [0.05, 0.1) is 5.70 Å². The van der Waals surface area contributed by atoms with Gasteiger partial charge in [-0.1, -0.05) is 0 Å². The monoisotopic (exact) mass is 220 g/mol. The minimum Gasteiger partial charge on any atom is -0.373 e. The second-order valence-electron chi connectivity index (χ2n) is 5.11. The second-order valence-corrected chi connectivity index (χ2v) is 5.11. The van der Waals surface area contributed by atoms with E-state index in [1.54, 1.807) is 0 Å². The maximum Gasteiger partial charge on any atom is 0.181 e. The lowest BCUT2D eigenvalue weighted by Gasteiger charge is -2.25. The van der Waals surface area contributed by atoms with Crippen molar-refractivity contribution in [3.8, 4) is 0 Å². The van der Waals surface area contributed by atoms with Crippen molar-refractivity contribution in [3.05, 3.63) is 11.4 Å². The molecule has 3 aliphatic rings. The predicted octanol–water partition coefficient (Wildman–Crippen LogP) is 1.75. The van der Waals surface area contributed by atoms with Gasteiger partial charge in [-0.25, -0.2) is 0 Å². The van der Waals surface area contributed by atoms with E-state index in [2.05, 4.69) is 9.80 Å². The maximum absolute atomic E-state index is 12.0. The third kappa shape index (κ3) is 1.62. The summed E-state index contributed by atoms with van der Waals surface area (Å²) in [6.07, 6.45) is 6.84. The highest BCUT2D eigenvalue weighted by molar-refractivity contribution is 5.98. The van der Waals surface area contributed by atoms with Crippen LogP contribution < -0.4 is 0 Å². The number of likely N-dealkylation sites (tertiary alicyclic amines) is 2. The van der Waals surface area contributed by atoms with Crippen LogP contribution in [-0.4, -0.2) is 41.8 Å². The van der Waals surface area contributed by atoms with Crippen molar-refractivity contribution in [3.63, 3.8) is 0 Å². The highest BCUT2D eigenvalue weighted by Gasteiger charge is 2.32. The van der Waals surface area contributed by atoms with Gasteiger partial charge in [-0.3, -0.25) is 4.79 Å². The van der Waals surface area contributed by atoms with E-state index in [0.29, 0.717) is 5.78 Å². The van der Waals surface area contributed by atoms with Gasteiger partial charge in [0.15, 0.2) is 5.78 Å². The van der Waals surface area contributed by atoms with E-state index in [4.69, 9.17) is 0 Å². The average molecular weight is 220 g/mol. The zero-order valence-corrected chi connectivity index (χ0v) is 9.87. The fourth-order valence-corrected chi connectivity index (χ4v) is 3.22. The van der Waals surface area contributed by atoms with Gasteiger partial charge in [0.2, 0.25) is 0 Å². The first-order valence-electron chi connectivity index (χ1n) is 6.62. The van der Waals surface area contributed by atoms with Gasteiger partial charge < -0.3 is 9.80 Å². The molecular formula is C13H20N2O. The van der Waals surface area contributed by atoms with Crippen molar-refractivity contribution < 1.29 is 4.79 Å². The number of nitrogens with zero attached hydrogens (tertiary/aromatic N) is 2. The molecule has 3 rings (SSSR count). The van der Waals surface area contributed by atoms with Crippen LogP contribution >= 0.6 is 0 Å². The normalized spacial score (nSPS) is 26.4. The molecule has 0 aromatic carbocycles. The molecule has 0 N–H and O–H groups in total. The summed E-state index contributed by atoms with van der Waals surface area (Å²) < 4.78 is 0. The highest BCUT2D eigenvalue weighted by Crippen LogP contribution is 2.32. The Morgan fingerprint density at radius 3 is 1.94 bits per heavy atom. The molecule has 2 saturated heterocycles. The second kappa shape index (κ2) is 4.11. The molecule has 0 spiro atoms. The molecule has 88 valence electrons. The Balaban J connectivity index is 1.87. The first kappa shape index (κ1) is 10.2. The Hall–Kier alpha value is -0.990. The van der Waals surface area contributed by atoms with E-state index in [9.17, 15) is 4.79 Å². The smallest absolute Gasteiger partial charge is 0.181 e. The molecule has 0 saturated carbocycles. The van der Waals surface area contributed by atoms with Crippen LogP contribution in [0.4, 0.5) is 0 Å². The molecule has 16 heavy (non-hydrogen) atoms.